The van der Waals surface area contributed by atoms with Crippen molar-refractivity contribution in [2.75, 3.05) is 13.1 Å². The Hall–Kier alpha value is -1.68. The van der Waals surface area contributed by atoms with Crippen molar-refractivity contribution in [3.05, 3.63) is 29.7 Å². The van der Waals surface area contributed by atoms with Gasteiger partial charge in [0.2, 0.25) is 0 Å². The first-order chi connectivity index (χ1) is 8.72. The third-order valence-electron chi connectivity index (χ3n) is 3.45. The molecule has 1 aromatic carbocycles. The summed E-state index contributed by atoms with van der Waals surface area (Å²) in [5, 5.41) is 3.28. The maximum atomic E-state index is 12.2. The van der Waals surface area contributed by atoms with Crippen molar-refractivity contribution in [2.24, 2.45) is 5.92 Å². The van der Waals surface area contributed by atoms with E-state index in [-0.39, 0.29) is 5.78 Å². The van der Waals surface area contributed by atoms with Crippen LogP contribution in [0.5, 0.6) is 0 Å². The number of hydrogen-bond donors (Lipinski definition) is 1. The molecule has 0 bridgehead atoms. The van der Waals surface area contributed by atoms with E-state index in [1.165, 1.54) is 0 Å². The molecule has 1 saturated heterocycles. The number of benzene rings is 1. The lowest BCUT2D eigenvalue weighted by Crippen LogP contribution is -2.12. The second kappa shape index (κ2) is 4.53. The topological polar surface area (TPSA) is 55.1 Å². The number of oxazole rings is 1. The molecule has 1 aliphatic rings. The van der Waals surface area contributed by atoms with Gasteiger partial charge in [0.25, 0.3) is 0 Å². The minimum absolute atomic E-state index is 0.200. The van der Waals surface area contributed by atoms with Crippen molar-refractivity contribution >= 4 is 16.9 Å². The van der Waals surface area contributed by atoms with Gasteiger partial charge in [0.05, 0.1) is 0 Å². The SMILES string of the molecule is Cc1nc2cc(C(=O)CC3CCNC3)ccc2o1. The number of ketones is 1. The highest BCUT2D eigenvalue weighted by molar-refractivity contribution is 5.98. The summed E-state index contributed by atoms with van der Waals surface area (Å²) in [6, 6.07) is 5.49. The molecule has 0 spiro atoms. The lowest BCUT2D eigenvalue weighted by Gasteiger charge is -2.06. The number of carbonyl (C=O) groups is 1. The number of nitrogens with zero attached hydrogens (tertiary/aromatic N) is 1. The zero-order valence-corrected chi connectivity index (χ0v) is 10.4. The molecule has 0 radical (unpaired) electrons. The van der Waals surface area contributed by atoms with Gasteiger partial charge < -0.3 is 9.73 Å². The minimum Gasteiger partial charge on any atom is -0.441 e. The molecule has 3 rings (SSSR count). The normalized spacial score (nSPS) is 19.5. The van der Waals surface area contributed by atoms with Crippen molar-refractivity contribution in [3.8, 4) is 0 Å². The van der Waals surface area contributed by atoms with Crippen LogP contribution in [0.25, 0.3) is 11.1 Å². The largest absolute Gasteiger partial charge is 0.441 e. The maximum Gasteiger partial charge on any atom is 0.192 e. The third kappa shape index (κ3) is 2.16. The van der Waals surface area contributed by atoms with Gasteiger partial charge in [-0.3, -0.25) is 4.79 Å². The van der Waals surface area contributed by atoms with Crippen LogP contribution in [0.2, 0.25) is 0 Å². The predicted octanol–water partition coefficient (Wildman–Crippen LogP) is 2.32. The van der Waals surface area contributed by atoms with Crippen LogP contribution in [0.15, 0.2) is 22.6 Å². The van der Waals surface area contributed by atoms with E-state index in [4.69, 9.17) is 4.42 Å². The monoisotopic (exact) mass is 244 g/mol. The number of nitrogens with one attached hydrogen (secondary N) is 1. The Kier molecular flexibility index (Phi) is 2.88. The van der Waals surface area contributed by atoms with Gasteiger partial charge in [-0.2, -0.15) is 0 Å². The average molecular weight is 244 g/mol. The van der Waals surface area contributed by atoms with Crippen molar-refractivity contribution in [1.82, 2.24) is 10.3 Å². The van der Waals surface area contributed by atoms with Crippen LogP contribution < -0.4 is 5.32 Å². The summed E-state index contributed by atoms with van der Waals surface area (Å²) < 4.78 is 5.40. The van der Waals surface area contributed by atoms with Gasteiger partial charge in [0, 0.05) is 18.9 Å². The smallest absolute Gasteiger partial charge is 0.192 e. The molecule has 1 unspecified atom stereocenters. The summed E-state index contributed by atoms with van der Waals surface area (Å²) in [6.45, 7) is 3.79. The third-order valence-corrected chi connectivity index (χ3v) is 3.45. The molecular weight excluding hydrogens is 228 g/mol. The summed E-state index contributed by atoms with van der Waals surface area (Å²) in [6.07, 6.45) is 1.71. The Labute approximate surface area is 105 Å². The van der Waals surface area contributed by atoms with Gasteiger partial charge in [-0.25, -0.2) is 4.98 Å². The highest BCUT2D eigenvalue weighted by Gasteiger charge is 2.19. The standard InChI is InChI=1S/C14H16N2O2/c1-9-16-12-7-11(2-3-14(12)18-9)13(17)6-10-4-5-15-8-10/h2-3,7,10,15H,4-6,8H2,1H3. The first-order valence-electron chi connectivity index (χ1n) is 6.33. The Bertz CT molecular complexity index is 582. The highest BCUT2D eigenvalue weighted by atomic mass is 16.3. The summed E-state index contributed by atoms with van der Waals surface area (Å²) in [7, 11) is 0. The summed E-state index contributed by atoms with van der Waals surface area (Å²) in [4.78, 5) is 16.4. The number of hydrogen-bond acceptors (Lipinski definition) is 4. The fraction of sp³-hybridized carbons (Fsp3) is 0.429. The lowest BCUT2D eigenvalue weighted by atomic mass is 9.97. The number of Topliss-reactive ketones (excluding diaryl/α,β-unsaturated/α-hetero) is 1. The van der Waals surface area contributed by atoms with E-state index < -0.39 is 0 Å². The van der Waals surface area contributed by atoms with Crippen molar-refractivity contribution in [3.63, 3.8) is 0 Å². The van der Waals surface area contributed by atoms with E-state index in [9.17, 15) is 4.79 Å². The molecule has 1 fully saturated rings. The molecule has 0 aliphatic carbocycles. The number of fused-ring (bicyclic) bond motifs is 1. The first-order valence-corrected chi connectivity index (χ1v) is 6.33. The average Bonchev–Trinajstić information content (AvgIpc) is 2.95. The zero-order chi connectivity index (χ0) is 12.5. The summed E-state index contributed by atoms with van der Waals surface area (Å²) in [5.74, 6) is 1.31. The van der Waals surface area contributed by atoms with E-state index in [0.29, 0.717) is 18.2 Å². The molecule has 18 heavy (non-hydrogen) atoms. The minimum atomic E-state index is 0.200. The van der Waals surface area contributed by atoms with Crippen LogP contribution >= 0.6 is 0 Å². The molecule has 4 nitrogen and oxygen atoms in total. The quantitative estimate of drug-likeness (QED) is 0.842. The van der Waals surface area contributed by atoms with Crippen LogP contribution in [-0.4, -0.2) is 23.9 Å². The molecule has 0 amide bonds. The number of aromatic nitrogens is 1. The first kappa shape index (κ1) is 11.4. The fourth-order valence-corrected chi connectivity index (χ4v) is 2.48. The van der Waals surface area contributed by atoms with Gasteiger partial charge in [-0.05, 0) is 43.6 Å². The molecule has 0 saturated carbocycles. The van der Waals surface area contributed by atoms with Crippen molar-refractivity contribution < 1.29 is 9.21 Å². The number of aryl methyl sites for hydroxylation is 1. The Morgan fingerprint density at radius 1 is 1.56 bits per heavy atom. The molecule has 1 aliphatic heterocycles. The van der Waals surface area contributed by atoms with Gasteiger partial charge >= 0.3 is 0 Å². The molecular formula is C14H16N2O2. The summed E-state index contributed by atoms with van der Waals surface area (Å²) >= 11 is 0. The molecule has 2 heterocycles. The number of rotatable bonds is 3. The van der Waals surface area contributed by atoms with Gasteiger partial charge in [0.1, 0.15) is 5.52 Å². The van der Waals surface area contributed by atoms with Crippen LogP contribution in [0.4, 0.5) is 0 Å². The second-order valence-corrected chi connectivity index (χ2v) is 4.90. The molecule has 94 valence electrons. The van der Waals surface area contributed by atoms with E-state index in [1.807, 2.05) is 25.1 Å². The van der Waals surface area contributed by atoms with Crippen LogP contribution in [0.1, 0.15) is 29.1 Å². The summed E-state index contributed by atoms with van der Waals surface area (Å²) in [5.41, 5.74) is 2.25. The zero-order valence-electron chi connectivity index (χ0n) is 10.4. The van der Waals surface area contributed by atoms with E-state index in [2.05, 4.69) is 10.3 Å². The Balaban J connectivity index is 1.81. The Morgan fingerprint density at radius 2 is 2.44 bits per heavy atom. The van der Waals surface area contributed by atoms with Crippen LogP contribution in [0, 0.1) is 12.8 Å². The predicted molar refractivity (Wildman–Crippen MR) is 68.7 cm³/mol. The number of carbonyl (C=O) groups excluding carboxylic acids is 1. The van der Waals surface area contributed by atoms with Gasteiger partial charge in [-0.1, -0.05) is 0 Å². The molecule has 1 aromatic heterocycles. The van der Waals surface area contributed by atoms with Crippen LogP contribution in [0.3, 0.4) is 0 Å². The van der Waals surface area contributed by atoms with E-state index in [0.717, 1.165) is 36.2 Å². The van der Waals surface area contributed by atoms with Crippen molar-refractivity contribution in [1.29, 1.82) is 0 Å². The molecule has 2 aromatic rings. The molecule has 1 N–H and O–H groups in total. The van der Waals surface area contributed by atoms with E-state index in [1.54, 1.807) is 0 Å². The van der Waals surface area contributed by atoms with E-state index >= 15 is 0 Å². The highest BCUT2D eigenvalue weighted by Crippen LogP contribution is 2.20. The second-order valence-electron chi connectivity index (χ2n) is 4.90. The fourth-order valence-electron chi connectivity index (χ4n) is 2.48. The van der Waals surface area contributed by atoms with Crippen molar-refractivity contribution in [2.45, 2.75) is 19.8 Å². The maximum absolute atomic E-state index is 12.2. The van der Waals surface area contributed by atoms with Crippen LogP contribution in [-0.2, 0) is 0 Å². The Morgan fingerprint density at radius 3 is 3.22 bits per heavy atom. The lowest BCUT2D eigenvalue weighted by molar-refractivity contribution is 0.0964. The molecule has 1 atom stereocenters. The van der Waals surface area contributed by atoms with Gasteiger partial charge in [-0.15, -0.1) is 0 Å². The molecule has 4 heteroatoms. The van der Waals surface area contributed by atoms with Gasteiger partial charge in [0.15, 0.2) is 17.3 Å².